The molecule has 0 atom stereocenters. The highest BCUT2D eigenvalue weighted by Gasteiger charge is 2.24. The highest BCUT2D eigenvalue weighted by Crippen LogP contribution is 2.13. The molecule has 0 spiro atoms. The van der Waals surface area contributed by atoms with Gasteiger partial charge in [0.25, 0.3) is 0 Å². The van der Waals surface area contributed by atoms with Gasteiger partial charge in [-0.1, -0.05) is 0 Å². The maximum atomic E-state index is 11.6. The number of carbonyl (C=O) groups is 2. The second-order valence-electron chi connectivity index (χ2n) is 5.02. The first kappa shape index (κ1) is 14.9. The zero-order valence-electron chi connectivity index (χ0n) is 10.8. The lowest BCUT2D eigenvalue weighted by Gasteiger charge is -2.35. The Hall–Kier alpha value is -1.10. The van der Waals surface area contributed by atoms with Gasteiger partial charge in [-0.3, -0.25) is 14.5 Å². The van der Waals surface area contributed by atoms with Gasteiger partial charge in [-0.25, -0.2) is 0 Å². The molecule has 0 aliphatic carbocycles. The number of aliphatic carboxylic acids is 1. The number of hydrogen-bond acceptors (Lipinski definition) is 3. The van der Waals surface area contributed by atoms with Crippen LogP contribution in [0.1, 0.15) is 27.2 Å². The van der Waals surface area contributed by atoms with Gasteiger partial charge in [0.2, 0.25) is 5.91 Å². The molecule has 0 bridgehead atoms. The summed E-state index contributed by atoms with van der Waals surface area (Å²) in [5, 5.41) is 8.65. The van der Waals surface area contributed by atoms with Crippen molar-refractivity contribution in [3.63, 3.8) is 0 Å². The van der Waals surface area contributed by atoms with E-state index in [2.05, 4.69) is 0 Å². The molecule has 0 aromatic carbocycles. The molecule has 0 aromatic heterocycles. The largest absolute Gasteiger partial charge is 0.481 e. The van der Waals surface area contributed by atoms with Gasteiger partial charge >= 0.3 is 5.97 Å². The first-order valence-electron chi connectivity index (χ1n) is 5.31. The predicted octanol–water partition coefficient (Wildman–Crippen LogP) is 0.650. The van der Waals surface area contributed by atoms with Crippen LogP contribution in [-0.4, -0.2) is 59.5 Å². The number of hydrogen-bond donors (Lipinski definition) is 1. The Labute approximate surface area is 97.0 Å². The van der Waals surface area contributed by atoms with Gasteiger partial charge in [0.05, 0.1) is 13.0 Å². The Morgan fingerprint density at radius 2 is 1.69 bits per heavy atom. The Bertz CT molecular complexity index is 256. The normalized spacial score (nSPS) is 11.6. The molecule has 0 aliphatic rings. The van der Waals surface area contributed by atoms with E-state index in [0.29, 0.717) is 6.54 Å². The van der Waals surface area contributed by atoms with Crippen molar-refractivity contribution in [2.45, 2.75) is 32.7 Å². The van der Waals surface area contributed by atoms with Gasteiger partial charge in [-0.15, -0.1) is 0 Å². The second-order valence-corrected chi connectivity index (χ2v) is 5.02. The number of likely N-dealkylation sites (N-methyl/N-ethyl adjacent to an activating group) is 1. The van der Waals surface area contributed by atoms with E-state index in [0.717, 1.165) is 0 Å². The molecule has 16 heavy (non-hydrogen) atoms. The highest BCUT2D eigenvalue weighted by molar-refractivity contribution is 5.77. The fraction of sp³-hybridized carbons (Fsp3) is 0.818. The number of rotatable bonds is 5. The lowest BCUT2D eigenvalue weighted by Crippen LogP contribution is -2.47. The van der Waals surface area contributed by atoms with Crippen molar-refractivity contribution >= 4 is 11.9 Å². The molecule has 0 aliphatic heterocycles. The fourth-order valence-electron chi connectivity index (χ4n) is 1.19. The van der Waals surface area contributed by atoms with Gasteiger partial charge in [-0.2, -0.15) is 0 Å². The number of carboxylic acid groups (broad SMARTS) is 1. The van der Waals surface area contributed by atoms with Crippen molar-refractivity contribution in [1.82, 2.24) is 9.80 Å². The number of nitrogens with zero attached hydrogens (tertiary/aromatic N) is 2. The minimum atomic E-state index is -0.841. The van der Waals surface area contributed by atoms with Crippen molar-refractivity contribution in [2.24, 2.45) is 0 Å². The lowest BCUT2D eigenvalue weighted by atomic mass is 10.1. The van der Waals surface area contributed by atoms with Gasteiger partial charge < -0.3 is 10.0 Å². The van der Waals surface area contributed by atoms with E-state index in [1.165, 1.54) is 4.90 Å². The average Bonchev–Trinajstić information content (AvgIpc) is 2.09. The number of amides is 1. The summed E-state index contributed by atoms with van der Waals surface area (Å²) in [4.78, 5) is 25.5. The van der Waals surface area contributed by atoms with Crippen LogP contribution in [0.4, 0.5) is 0 Å². The smallest absolute Gasteiger partial charge is 0.304 e. The second kappa shape index (κ2) is 5.84. The summed E-state index contributed by atoms with van der Waals surface area (Å²) in [5.74, 6) is -0.855. The molecular weight excluding hydrogens is 208 g/mol. The quantitative estimate of drug-likeness (QED) is 0.753. The minimum absolute atomic E-state index is 0.0136. The van der Waals surface area contributed by atoms with Crippen molar-refractivity contribution in [1.29, 1.82) is 0 Å². The first-order valence-corrected chi connectivity index (χ1v) is 5.31. The van der Waals surface area contributed by atoms with Crippen LogP contribution in [0.3, 0.4) is 0 Å². The molecule has 0 fully saturated rings. The van der Waals surface area contributed by atoms with Gasteiger partial charge in [-0.05, 0) is 20.8 Å². The summed E-state index contributed by atoms with van der Waals surface area (Å²) in [6, 6.07) is 0. The first-order chi connectivity index (χ1) is 7.14. The number of carbonyl (C=O) groups excluding carboxylic acids is 1. The van der Waals surface area contributed by atoms with Crippen molar-refractivity contribution in [3.8, 4) is 0 Å². The summed E-state index contributed by atoms with van der Waals surface area (Å²) in [6.07, 6.45) is 0.0536. The van der Waals surface area contributed by atoms with E-state index in [1.54, 1.807) is 14.1 Å². The lowest BCUT2D eigenvalue weighted by molar-refractivity contribution is -0.139. The fourth-order valence-corrected chi connectivity index (χ4v) is 1.19. The van der Waals surface area contributed by atoms with E-state index in [-0.39, 0.29) is 24.4 Å². The molecule has 0 saturated heterocycles. The minimum Gasteiger partial charge on any atom is -0.481 e. The van der Waals surface area contributed by atoms with E-state index in [9.17, 15) is 9.59 Å². The summed E-state index contributed by atoms with van der Waals surface area (Å²) < 4.78 is 0. The Morgan fingerprint density at radius 3 is 2.00 bits per heavy atom. The maximum Gasteiger partial charge on any atom is 0.304 e. The van der Waals surface area contributed by atoms with Crippen LogP contribution in [0.2, 0.25) is 0 Å². The van der Waals surface area contributed by atoms with Crippen molar-refractivity contribution in [3.05, 3.63) is 0 Å². The molecule has 0 aromatic rings. The van der Waals surface area contributed by atoms with Gasteiger partial charge in [0.15, 0.2) is 0 Å². The van der Waals surface area contributed by atoms with Crippen LogP contribution in [0, 0.1) is 0 Å². The van der Waals surface area contributed by atoms with E-state index in [4.69, 9.17) is 5.11 Å². The molecule has 0 radical (unpaired) electrons. The monoisotopic (exact) mass is 230 g/mol. The third-order valence-corrected chi connectivity index (χ3v) is 2.37. The Morgan fingerprint density at radius 1 is 1.19 bits per heavy atom. The van der Waals surface area contributed by atoms with Gasteiger partial charge in [0.1, 0.15) is 0 Å². The summed E-state index contributed by atoms with van der Waals surface area (Å²) in [5.41, 5.74) is -0.207. The number of carboxylic acids is 1. The molecular formula is C11H22N2O3. The van der Waals surface area contributed by atoms with E-state index >= 15 is 0 Å². The van der Waals surface area contributed by atoms with E-state index in [1.807, 2.05) is 25.7 Å². The van der Waals surface area contributed by atoms with Crippen LogP contribution < -0.4 is 0 Å². The molecule has 1 amide bonds. The predicted molar refractivity (Wildman–Crippen MR) is 62.3 cm³/mol. The standard InChI is InChI=1S/C11H22N2O3/c1-11(2,3)13(7-6-10(15)16)8-9(14)12(4)5/h6-8H2,1-5H3,(H,15,16). The third-order valence-electron chi connectivity index (χ3n) is 2.37. The summed E-state index contributed by atoms with van der Waals surface area (Å²) in [7, 11) is 3.39. The molecule has 0 unspecified atom stereocenters. The van der Waals surface area contributed by atoms with Crippen LogP contribution in [0.5, 0.6) is 0 Å². The summed E-state index contributed by atoms with van der Waals surface area (Å²) >= 11 is 0. The zero-order chi connectivity index (χ0) is 12.9. The van der Waals surface area contributed by atoms with Crippen LogP contribution >= 0.6 is 0 Å². The molecule has 94 valence electrons. The van der Waals surface area contributed by atoms with Crippen LogP contribution in [-0.2, 0) is 9.59 Å². The Balaban J connectivity index is 4.45. The SMILES string of the molecule is CN(C)C(=O)CN(CCC(=O)O)C(C)(C)C. The van der Waals surface area contributed by atoms with Crippen LogP contribution in [0.25, 0.3) is 0 Å². The maximum absolute atomic E-state index is 11.6. The van der Waals surface area contributed by atoms with E-state index < -0.39 is 5.97 Å². The zero-order valence-corrected chi connectivity index (χ0v) is 10.8. The van der Waals surface area contributed by atoms with Crippen molar-refractivity contribution < 1.29 is 14.7 Å². The van der Waals surface area contributed by atoms with Crippen molar-refractivity contribution in [2.75, 3.05) is 27.2 Å². The molecule has 0 saturated carbocycles. The molecule has 0 rings (SSSR count). The molecule has 1 N–H and O–H groups in total. The highest BCUT2D eigenvalue weighted by atomic mass is 16.4. The third kappa shape index (κ3) is 5.70. The topological polar surface area (TPSA) is 60.9 Å². The van der Waals surface area contributed by atoms with Crippen LogP contribution in [0.15, 0.2) is 0 Å². The summed E-state index contributed by atoms with van der Waals surface area (Å²) in [6.45, 7) is 6.55. The molecule has 5 heteroatoms. The van der Waals surface area contributed by atoms with Gasteiger partial charge in [0, 0.05) is 26.2 Å². The molecule has 0 heterocycles. The Kier molecular flexibility index (Phi) is 5.44. The average molecular weight is 230 g/mol. The molecule has 5 nitrogen and oxygen atoms in total.